The highest BCUT2D eigenvalue weighted by molar-refractivity contribution is 6.01. The molecule has 0 aliphatic rings. The van der Waals surface area contributed by atoms with Gasteiger partial charge < -0.3 is 5.32 Å². The first-order chi connectivity index (χ1) is 13.8. The molecule has 0 saturated heterocycles. The molecule has 154 valence electrons. The summed E-state index contributed by atoms with van der Waals surface area (Å²) in [7, 11) is 0. The Morgan fingerprint density at radius 1 is 1.28 bits per heavy atom. The summed E-state index contributed by atoms with van der Waals surface area (Å²) in [6, 6.07) is 8.80. The van der Waals surface area contributed by atoms with Crippen LogP contribution < -0.4 is 10.2 Å². The lowest BCUT2D eigenvalue weighted by atomic mass is 10.1. The van der Waals surface area contributed by atoms with Gasteiger partial charge in [-0.25, -0.2) is 4.99 Å². The lowest BCUT2D eigenvalue weighted by Gasteiger charge is -2.28. The van der Waals surface area contributed by atoms with Crippen molar-refractivity contribution in [2.24, 2.45) is 4.99 Å². The van der Waals surface area contributed by atoms with Crippen LogP contribution in [0.2, 0.25) is 0 Å². The smallest absolute Gasteiger partial charge is 0.372 e. The first-order valence-electron chi connectivity index (χ1n) is 9.30. The Hall–Kier alpha value is -3.09. The number of anilines is 1. The van der Waals surface area contributed by atoms with Crippen molar-refractivity contribution in [3.05, 3.63) is 78.4 Å². The summed E-state index contributed by atoms with van der Waals surface area (Å²) in [6.07, 6.45) is 1.59. The summed E-state index contributed by atoms with van der Waals surface area (Å²) in [6.45, 7) is 10.2. The van der Waals surface area contributed by atoms with Gasteiger partial charge in [0.25, 0.3) is 0 Å². The van der Waals surface area contributed by atoms with Crippen molar-refractivity contribution in [3.8, 4) is 0 Å². The fourth-order valence-corrected chi connectivity index (χ4v) is 2.74. The summed E-state index contributed by atoms with van der Waals surface area (Å²) < 4.78 is 39.7. The number of amidine groups is 1. The maximum Gasteiger partial charge on any atom is 0.416 e. The number of nitrogens with one attached hydrogen (secondary N) is 1. The average Bonchev–Trinajstić information content (AvgIpc) is 2.71. The lowest BCUT2D eigenvalue weighted by molar-refractivity contribution is -0.137. The van der Waals surface area contributed by atoms with E-state index in [4.69, 9.17) is 0 Å². The van der Waals surface area contributed by atoms with Crippen molar-refractivity contribution in [1.29, 1.82) is 0 Å². The van der Waals surface area contributed by atoms with Crippen molar-refractivity contribution in [3.63, 3.8) is 0 Å². The standard InChI is InChI=1S/C22H25F3N4/c1-5-12-27-16(3)29(20-11-7-10-19(14-20)22(23,24)25)17(4)28-21(6-2)18-9-8-13-26-15-18/h6-11,13-15,27H,3,5,12H2,1-2,4H3/b21-6-,28-17?. The van der Waals surface area contributed by atoms with Gasteiger partial charge >= 0.3 is 6.18 Å². The summed E-state index contributed by atoms with van der Waals surface area (Å²) >= 11 is 0. The lowest BCUT2D eigenvalue weighted by Crippen LogP contribution is -2.35. The van der Waals surface area contributed by atoms with Gasteiger partial charge in [0, 0.05) is 30.2 Å². The highest BCUT2D eigenvalue weighted by Gasteiger charge is 2.31. The van der Waals surface area contributed by atoms with Crippen LogP contribution in [0, 0.1) is 0 Å². The number of rotatable bonds is 7. The van der Waals surface area contributed by atoms with Crippen molar-refractivity contribution in [2.75, 3.05) is 11.4 Å². The molecule has 0 bridgehead atoms. The van der Waals surface area contributed by atoms with Crippen molar-refractivity contribution in [2.45, 2.75) is 33.4 Å². The molecule has 0 unspecified atom stereocenters. The topological polar surface area (TPSA) is 40.5 Å². The molecule has 0 atom stereocenters. The van der Waals surface area contributed by atoms with Gasteiger partial charge in [0.2, 0.25) is 0 Å². The Morgan fingerprint density at radius 3 is 2.62 bits per heavy atom. The summed E-state index contributed by atoms with van der Waals surface area (Å²) in [5.41, 5.74) is 1.08. The van der Waals surface area contributed by atoms with E-state index in [1.165, 1.54) is 6.07 Å². The fraction of sp³-hybridized carbons (Fsp3) is 0.273. The van der Waals surface area contributed by atoms with E-state index in [0.717, 1.165) is 24.1 Å². The van der Waals surface area contributed by atoms with Crippen molar-refractivity contribution < 1.29 is 13.2 Å². The Balaban J connectivity index is 2.49. The number of hydrogen-bond acceptors (Lipinski definition) is 3. The van der Waals surface area contributed by atoms with E-state index in [1.807, 2.05) is 26.0 Å². The molecule has 1 aromatic carbocycles. The minimum atomic E-state index is -4.44. The molecule has 7 heteroatoms. The second-order valence-corrected chi connectivity index (χ2v) is 6.33. The Kier molecular flexibility index (Phi) is 7.59. The van der Waals surface area contributed by atoms with Crippen LogP contribution in [0.25, 0.3) is 5.70 Å². The molecule has 0 aliphatic carbocycles. The SMILES string of the molecule is C=C(NCCC)N(C(C)=N/C(=C\C)c1cccnc1)c1cccc(C(F)(F)F)c1. The Morgan fingerprint density at radius 2 is 2.03 bits per heavy atom. The molecule has 1 N–H and O–H groups in total. The van der Waals surface area contributed by atoms with E-state index in [1.54, 1.807) is 36.4 Å². The zero-order valence-corrected chi connectivity index (χ0v) is 16.8. The number of allylic oxidation sites excluding steroid dienone is 1. The molecule has 2 aromatic rings. The van der Waals surface area contributed by atoms with Gasteiger partial charge in [-0.3, -0.25) is 9.88 Å². The molecule has 0 radical (unpaired) electrons. The molecule has 0 fully saturated rings. The molecule has 29 heavy (non-hydrogen) atoms. The van der Waals surface area contributed by atoms with E-state index >= 15 is 0 Å². The van der Waals surface area contributed by atoms with Crippen LogP contribution in [0.3, 0.4) is 0 Å². The van der Waals surface area contributed by atoms with E-state index in [9.17, 15) is 13.2 Å². The number of pyridine rings is 1. The first kappa shape index (κ1) is 22.2. The number of halogens is 3. The number of aromatic nitrogens is 1. The van der Waals surface area contributed by atoms with Crippen LogP contribution in [-0.2, 0) is 6.18 Å². The van der Waals surface area contributed by atoms with Gasteiger partial charge in [0.05, 0.1) is 11.3 Å². The number of hydrogen-bond donors (Lipinski definition) is 1. The van der Waals surface area contributed by atoms with Gasteiger partial charge in [0.1, 0.15) is 11.7 Å². The van der Waals surface area contributed by atoms with Crippen LogP contribution in [0.5, 0.6) is 0 Å². The third kappa shape index (κ3) is 5.94. The Bertz CT molecular complexity index is 886. The van der Waals surface area contributed by atoms with E-state index in [-0.39, 0.29) is 0 Å². The predicted molar refractivity (Wildman–Crippen MR) is 112 cm³/mol. The molecule has 0 aliphatic heterocycles. The second kappa shape index (κ2) is 9.91. The highest BCUT2D eigenvalue weighted by Crippen LogP contribution is 2.32. The predicted octanol–water partition coefficient (Wildman–Crippen LogP) is 5.86. The van der Waals surface area contributed by atoms with Gasteiger partial charge in [0.15, 0.2) is 0 Å². The summed E-state index contributed by atoms with van der Waals surface area (Å²) in [5.74, 6) is 0.934. The Labute approximate surface area is 169 Å². The number of aliphatic imine (C=N–C) groups is 1. The fourth-order valence-electron chi connectivity index (χ4n) is 2.74. The molecule has 4 nitrogen and oxygen atoms in total. The molecule has 0 amide bonds. The molecule has 1 aromatic heterocycles. The van der Waals surface area contributed by atoms with Gasteiger partial charge in [-0.15, -0.1) is 0 Å². The van der Waals surface area contributed by atoms with Crippen LogP contribution in [0.1, 0.15) is 38.3 Å². The largest absolute Gasteiger partial charge is 0.416 e. The molecular formula is C22H25F3N4. The minimum absolute atomic E-state index is 0.330. The highest BCUT2D eigenvalue weighted by atomic mass is 19.4. The normalized spacial score (nSPS) is 12.6. The molecule has 2 rings (SSSR count). The maximum absolute atomic E-state index is 13.2. The second-order valence-electron chi connectivity index (χ2n) is 6.33. The quantitative estimate of drug-likeness (QED) is 0.466. The number of nitrogens with zero attached hydrogens (tertiary/aromatic N) is 3. The summed E-state index contributed by atoms with van der Waals surface area (Å²) in [4.78, 5) is 10.3. The molecule has 0 spiro atoms. The van der Waals surface area contributed by atoms with E-state index in [0.29, 0.717) is 29.6 Å². The van der Waals surface area contributed by atoms with Crippen LogP contribution in [-0.4, -0.2) is 17.4 Å². The maximum atomic E-state index is 13.2. The van der Waals surface area contributed by atoms with Gasteiger partial charge in [-0.2, -0.15) is 13.2 Å². The van der Waals surface area contributed by atoms with Crippen LogP contribution >= 0.6 is 0 Å². The number of alkyl halides is 3. The molecule has 0 saturated carbocycles. The summed E-state index contributed by atoms with van der Waals surface area (Å²) in [5, 5.41) is 3.14. The zero-order valence-electron chi connectivity index (χ0n) is 16.8. The van der Waals surface area contributed by atoms with Gasteiger partial charge in [-0.05, 0) is 50.6 Å². The number of benzene rings is 1. The molecular weight excluding hydrogens is 377 g/mol. The van der Waals surface area contributed by atoms with Crippen molar-refractivity contribution in [1.82, 2.24) is 10.3 Å². The monoisotopic (exact) mass is 402 g/mol. The van der Waals surface area contributed by atoms with Crippen molar-refractivity contribution >= 4 is 17.2 Å². The third-order valence-corrected chi connectivity index (χ3v) is 4.12. The van der Waals surface area contributed by atoms with Gasteiger partial charge in [-0.1, -0.05) is 25.6 Å². The average molecular weight is 402 g/mol. The zero-order chi connectivity index (χ0) is 21.4. The van der Waals surface area contributed by atoms with Crippen LogP contribution in [0.4, 0.5) is 18.9 Å². The molecule has 1 heterocycles. The van der Waals surface area contributed by atoms with E-state index < -0.39 is 11.7 Å². The minimum Gasteiger partial charge on any atom is -0.372 e. The van der Waals surface area contributed by atoms with Crippen LogP contribution in [0.15, 0.2) is 72.3 Å². The first-order valence-corrected chi connectivity index (χ1v) is 9.30. The third-order valence-electron chi connectivity index (χ3n) is 4.12. The van der Waals surface area contributed by atoms with E-state index in [2.05, 4.69) is 21.9 Å².